The Morgan fingerprint density at radius 1 is 1.28 bits per heavy atom. The minimum Gasteiger partial charge on any atom is -0.354 e. The van der Waals surface area contributed by atoms with Crippen LogP contribution in [0.2, 0.25) is 0 Å². The van der Waals surface area contributed by atoms with E-state index in [0.717, 1.165) is 30.6 Å². The number of rotatable bonds is 5. The zero-order chi connectivity index (χ0) is 17.8. The average Bonchev–Trinajstić information content (AvgIpc) is 3.07. The third-order valence-electron chi connectivity index (χ3n) is 5.29. The van der Waals surface area contributed by atoms with Gasteiger partial charge in [0, 0.05) is 25.7 Å². The van der Waals surface area contributed by atoms with Crippen molar-refractivity contribution in [3.8, 4) is 0 Å². The first-order valence-corrected chi connectivity index (χ1v) is 9.17. The Kier molecular flexibility index (Phi) is 5.53. The number of nitrogens with one attached hydrogen (secondary N) is 1. The first kappa shape index (κ1) is 17.7. The summed E-state index contributed by atoms with van der Waals surface area (Å²) in [4.78, 5) is 28.6. The van der Waals surface area contributed by atoms with Crippen molar-refractivity contribution >= 4 is 17.9 Å². The Morgan fingerprint density at radius 2 is 2.08 bits per heavy atom. The summed E-state index contributed by atoms with van der Waals surface area (Å²) in [5.74, 6) is -0.0409. The van der Waals surface area contributed by atoms with Crippen LogP contribution >= 0.6 is 0 Å². The van der Waals surface area contributed by atoms with Crippen molar-refractivity contribution in [3.05, 3.63) is 41.6 Å². The molecule has 0 aromatic heterocycles. The molecule has 2 heterocycles. The second kappa shape index (κ2) is 7.83. The number of nitrogens with zero attached hydrogens (tertiary/aromatic N) is 2. The lowest BCUT2D eigenvalue weighted by Gasteiger charge is -2.32. The Balaban J connectivity index is 1.66. The van der Waals surface area contributed by atoms with Gasteiger partial charge in [0.2, 0.25) is 11.8 Å². The van der Waals surface area contributed by atoms with E-state index in [1.807, 2.05) is 30.3 Å². The van der Waals surface area contributed by atoms with Gasteiger partial charge in [-0.15, -0.1) is 0 Å². The summed E-state index contributed by atoms with van der Waals surface area (Å²) in [5.41, 5.74) is 2.11. The molecule has 0 saturated carbocycles. The second-order valence-corrected chi connectivity index (χ2v) is 6.82. The smallest absolute Gasteiger partial charge is 0.223 e. The third kappa shape index (κ3) is 3.93. The van der Waals surface area contributed by atoms with Gasteiger partial charge in [-0.3, -0.25) is 14.5 Å². The van der Waals surface area contributed by atoms with E-state index < -0.39 is 0 Å². The van der Waals surface area contributed by atoms with E-state index in [-0.39, 0.29) is 17.9 Å². The van der Waals surface area contributed by atoms with Gasteiger partial charge in [-0.25, -0.2) is 0 Å². The number of likely N-dealkylation sites (N-methyl/N-ethyl adjacent to an activating group) is 1. The zero-order valence-corrected chi connectivity index (χ0v) is 15.1. The zero-order valence-electron chi connectivity index (χ0n) is 15.1. The van der Waals surface area contributed by atoms with Crippen LogP contribution in [0.5, 0.6) is 0 Å². The van der Waals surface area contributed by atoms with Gasteiger partial charge >= 0.3 is 0 Å². The molecule has 5 nitrogen and oxygen atoms in total. The topological polar surface area (TPSA) is 52.7 Å². The van der Waals surface area contributed by atoms with E-state index >= 15 is 0 Å². The molecule has 2 amide bonds. The number of fused-ring (bicyclic) bond motifs is 1. The van der Waals surface area contributed by atoms with Gasteiger partial charge in [0.05, 0.1) is 12.5 Å². The summed E-state index contributed by atoms with van der Waals surface area (Å²) in [6, 6.07) is 8.16. The van der Waals surface area contributed by atoms with E-state index in [1.165, 1.54) is 6.42 Å². The quantitative estimate of drug-likeness (QED) is 0.895. The molecule has 0 bridgehead atoms. The Bertz CT molecular complexity index is 671. The maximum Gasteiger partial charge on any atom is 0.223 e. The number of hydrogen-bond donors (Lipinski definition) is 1. The van der Waals surface area contributed by atoms with Gasteiger partial charge in [0.15, 0.2) is 0 Å². The van der Waals surface area contributed by atoms with E-state index in [1.54, 1.807) is 18.0 Å². The minimum atomic E-state index is -0.232. The van der Waals surface area contributed by atoms with Crippen molar-refractivity contribution in [2.75, 3.05) is 19.6 Å². The highest BCUT2D eigenvalue weighted by Gasteiger charge is 2.29. The third-order valence-corrected chi connectivity index (χ3v) is 5.29. The fraction of sp³-hybridized carbons (Fsp3) is 0.500. The maximum atomic E-state index is 12.5. The molecule has 1 N–H and O–H groups in total. The van der Waals surface area contributed by atoms with Crippen molar-refractivity contribution in [3.63, 3.8) is 0 Å². The van der Waals surface area contributed by atoms with Gasteiger partial charge in [0.25, 0.3) is 0 Å². The van der Waals surface area contributed by atoms with Crippen molar-refractivity contribution in [2.45, 2.75) is 45.2 Å². The van der Waals surface area contributed by atoms with E-state index in [4.69, 9.17) is 0 Å². The molecule has 1 fully saturated rings. The minimum absolute atomic E-state index is 0.00399. The summed E-state index contributed by atoms with van der Waals surface area (Å²) in [7, 11) is 0. The standard InChI is InChI=1S/C20H27N3O2/c1-3-22-11-6-8-17(22)14-21-20(25)13-19-18-9-5-4-7-16(18)10-12-23(19)15(2)24/h4-5,7,9-10,12,17,19H,3,6,8,11,13-14H2,1-2H3,(H,21,25)/t17-,19+/m0/s1. The Hall–Kier alpha value is -2.14. The molecule has 0 radical (unpaired) electrons. The second-order valence-electron chi connectivity index (χ2n) is 6.82. The predicted octanol–water partition coefficient (Wildman–Crippen LogP) is 2.55. The Labute approximate surface area is 149 Å². The number of amides is 2. The molecule has 1 aromatic rings. The maximum absolute atomic E-state index is 12.5. The fourth-order valence-corrected chi connectivity index (χ4v) is 3.94. The Morgan fingerprint density at radius 3 is 2.84 bits per heavy atom. The number of carbonyl (C=O) groups excluding carboxylic acids is 2. The molecular formula is C20H27N3O2. The number of benzene rings is 1. The SMILES string of the molecule is CCN1CCC[C@H]1CNC(=O)C[C@@H]1c2ccccc2C=CN1C(C)=O. The molecule has 0 aliphatic carbocycles. The first-order valence-electron chi connectivity index (χ1n) is 9.17. The van der Waals surface area contributed by atoms with Crippen molar-refractivity contribution in [1.82, 2.24) is 15.1 Å². The summed E-state index contributed by atoms with van der Waals surface area (Å²) in [6.07, 6.45) is 6.36. The highest BCUT2D eigenvalue weighted by Crippen LogP contribution is 2.32. The molecule has 2 aliphatic rings. The summed E-state index contributed by atoms with van der Waals surface area (Å²) in [6.45, 7) is 6.54. The summed E-state index contributed by atoms with van der Waals surface area (Å²) in [5, 5.41) is 3.08. The van der Waals surface area contributed by atoms with Crippen LogP contribution < -0.4 is 5.32 Å². The van der Waals surface area contributed by atoms with Crippen LogP contribution in [-0.2, 0) is 9.59 Å². The number of hydrogen-bond acceptors (Lipinski definition) is 3. The highest BCUT2D eigenvalue weighted by atomic mass is 16.2. The van der Waals surface area contributed by atoms with Crippen LogP contribution in [0.25, 0.3) is 6.08 Å². The van der Waals surface area contributed by atoms with Crippen LogP contribution in [0.3, 0.4) is 0 Å². The van der Waals surface area contributed by atoms with Crippen molar-refractivity contribution in [1.29, 1.82) is 0 Å². The lowest BCUT2D eigenvalue weighted by atomic mass is 9.93. The van der Waals surface area contributed by atoms with E-state index in [0.29, 0.717) is 19.0 Å². The van der Waals surface area contributed by atoms with Gasteiger partial charge in [-0.1, -0.05) is 31.2 Å². The van der Waals surface area contributed by atoms with E-state index in [9.17, 15) is 9.59 Å². The monoisotopic (exact) mass is 341 g/mol. The average molecular weight is 341 g/mol. The molecule has 0 unspecified atom stereocenters. The number of carbonyl (C=O) groups is 2. The molecule has 134 valence electrons. The van der Waals surface area contributed by atoms with Crippen molar-refractivity contribution < 1.29 is 9.59 Å². The lowest BCUT2D eigenvalue weighted by molar-refractivity contribution is -0.130. The number of likely N-dealkylation sites (tertiary alicyclic amines) is 1. The van der Waals surface area contributed by atoms with Gasteiger partial charge in [-0.2, -0.15) is 0 Å². The molecule has 2 aliphatic heterocycles. The van der Waals surface area contributed by atoms with Crippen LogP contribution in [0.4, 0.5) is 0 Å². The van der Waals surface area contributed by atoms with Crippen molar-refractivity contribution in [2.24, 2.45) is 0 Å². The normalized spacial score (nSPS) is 22.7. The molecule has 1 saturated heterocycles. The molecule has 2 atom stereocenters. The molecule has 3 rings (SSSR count). The molecule has 5 heteroatoms. The largest absolute Gasteiger partial charge is 0.354 e. The van der Waals surface area contributed by atoms with Crippen LogP contribution in [0, 0.1) is 0 Å². The summed E-state index contributed by atoms with van der Waals surface area (Å²) >= 11 is 0. The fourth-order valence-electron chi connectivity index (χ4n) is 3.94. The predicted molar refractivity (Wildman–Crippen MR) is 98.6 cm³/mol. The van der Waals surface area contributed by atoms with Gasteiger partial charge in [0.1, 0.15) is 0 Å². The van der Waals surface area contributed by atoms with Crippen LogP contribution in [-0.4, -0.2) is 47.3 Å². The van der Waals surface area contributed by atoms with Gasteiger partial charge < -0.3 is 10.2 Å². The molecule has 1 aromatic carbocycles. The molecule has 25 heavy (non-hydrogen) atoms. The van der Waals surface area contributed by atoms with Crippen LogP contribution in [0.15, 0.2) is 30.5 Å². The van der Waals surface area contributed by atoms with E-state index in [2.05, 4.69) is 17.1 Å². The highest BCUT2D eigenvalue weighted by molar-refractivity contribution is 5.81. The van der Waals surface area contributed by atoms with Gasteiger partial charge in [-0.05, 0) is 43.1 Å². The molecular weight excluding hydrogens is 314 g/mol. The first-order chi connectivity index (χ1) is 12.1. The van der Waals surface area contributed by atoms with Crippen LogP contribution in [0.1, 0.15) is 50.3 Å². The molecule has 0 spiro atoms. The lowest BCUT2D eigenvalue weighted by Crippen LogP contribution is -2.41. The summed E-state index contributed by atoms with van der Waals surface area (Å²) < 4.78 is 0.